The number of methoxy groups -OCH3 is 2. The lowest BCUT2D eigenvalue weighted by atomic mass is 10.1. The van der Waals surface area contributed by atoms with Crippen molar-refractivity contribution in [2.24, 2.45) is 5.16 Å². The molecule has 2 aromatic carbocycles. The molecule has 0 aromatic heterocycles. The summed E-state index contributed by atoms with van der Waals surface area (Å²) in [6.45, 7) is 1.75. The van der Waals surface area contributed by atoms with E-state index in [1.54, 1.807) is 31.2 Å². The van der Waals surface area contributed by atoms with Crippen LogP contribution in [0.3, 0.4) is 0 Å². The molecule has 0 aliphatic rings. The van der Waals surface area contributed by atoms with E-state index in [2.05, 4.69) is 5.16 Å². The van der Waals surface area contributed by atoms with Crippen LogP contribution in [0.5, 0.6) is 11.5 Å². The Morgan fingerprint density at radius 1 is 1.24 bits per heavy atom. The zero-order chi connectivity index (χ0) is 18.4. The van der Waals surface area contributed by atoms with Crippen molar-refractivity contribution in [3.63, 3.8) is 0 Å². The lowest BCUT2D eigenvalue weighted by Gasteiger charge is -2.11. The summed E-state index contributed by atoms with van der Waals surface area (Å²) in [5.74, 6) is 0.912. The number of nitrogens with zero attached hydrogens (tertiary/aromatic N) is 2. The molecule has 0 aliphatic heterocycles. The van der Waals surface area contributed by atoms with Crippen LogP contribution < -0.4 is 9.47 Å². The zero-order valence-electron chi connectivity index (χ0n) is 13.9. The second-order valence-electron chi connectivity index (χ2n) is 5.07. The third kappa shape index (κ3) is 4.60. The molecule has 0 saturated heterocycles. The Morgan fingerprint density at radius 3 is 2.64 bits per heavy atom. The number of halogens is 1. The van der Waals surface area contributed by atoms with Crippen molar-refractivity contribution >= 4 is 23.5 Å². The van der Waals surface area contributed by atoms with Gasteiger partial charge in [0.1, 0.15) is 6.10 Å². The third-order valence-electron chi connectivity index (χ3n) is 3.43. The summed E-state index contributed by atoms with van der Waals surface area (Å²) in [5, 5.41) is 15.1. The van der Waals surface area contributed by atoms with Gasteiger partial charge in [-0.1, -0.05) is 28.9 Å². The van der Waals surface area contributed by atoms with Crippen molar-refractivity contribution in [2.45, 2.75) is 13.0 Å². The number of rotatable bonds is 7. The molecular formula is C17H17ClN2O5. The number of nitro groups is 1. The first-order valence-corrected chi connectivity index (χ1v) is 7.69. The molecule has 0 amide bonds. The molecule has 0 fully saturated rings. The Morgan fingerprint density at radius 2 is 2.00 bits per heavy atom. The van der Waals surface area contributed by atoms with E-state index < -0.39 is 11.0 Å². The van der Waals surface area contributed by atoms with Crippen molar-refractivity contribution in [1.82, 2.24) is 0 Å². The van der Waals surface area contributed by atoms with Crippen molar-refractivity contribution < 1.29 is 19.2 Å². The molecule has 1 atom stereocenters. The highest BCUT2D eigenvalue weighted by atomic mass is 35.5. The third-order valence-corrected chi connectivity index (χ3v) is 3.71. The molecule has 2 aromatic rings. The Balaban J connectivity index is 2.11. The normalized spacial score (nSPS) is 12.0. The molecule has 132 valence electrons. The molecule has 0 saturated carbocycles. The fourth-order valence-corrected chi connectivity index (χ4v) is 2.44. The maximum Gasteiger partial charge on any atom is 0.269 e. The van der Waals surface area contributed by atoms with Crippen LogP contribution in [0.1, 0.15) is 24.2 Å². The highest BCUT2D eigenvalue weighted by Crippen LogP contribution is 2.35. The van der Waals surface area contributed by atoms with Crippen LogP contribution in [-0.2, 0) is 4.84 Å². The summed E-state index contributed by atoms with van der Waals surface area (Å²) in [5.41, 5.74) is 1.31. The van der Waals surface area contributed by atoms with Gasteiger partial charge in [-0.15, -0.1) is 0 Å². The van der Waals surface area contributed by atoms with Gasteiger partial charge in [-0.05, 0) is 19.1 Å². The van der Waals surface area contributed by atoms with E-state index in [-0.39, 0.29) is 5.69 Å². The van der Waals surface area contributed by atoms with Gasteiger partial charge in [-0.3, -0.25) is 10.1 Å². The Kier molecular flexibility index (Phi) is 6.19. The van der Waals surface area contributed by atoms with Crippen LogP contribution >= 0.6 is 11.6 Å². The highest BCUT2D eigenvalue weighted by molar-refractivity contribution is 6.32. The second-order valence-corrected chi connectivity index (χ2v) is 5.48. The number of hydrogen-bond donors (Lipinski definition) is 0. The SMILES string of the molecule is COc1cc(/C=N\O[C@@H](C)c2cccc([N+](=O)[O-])c2)cc(Cl)c1OC. The van der Waals surface area contributed by atoms with Crippen LogP contribution in [0.2, 0.25) is 5.02 Å². The molecule has 0 aliphatic carbocycles. The maximum absolute atomic E-state index is 10.8. The molecule has 0 radical (unpaired) electrons. The van der Waals surface area contributed by atoms with Crippen LogP contribution in [0.15, 0.2) is 41.6 Å². The predicted octanol–water partition coefficient (Wildman–Crippen LogP) is 4.38. The van der Waals surface area contributed by atoms with E-state index >= 15 is 0 Å². The van der Waals surface area contributed by atoms with Gasteiger partial charge in [0.2, 0.25) is 0 Å². The average molecular weight is 365 g/mol. The number of hydrogen-bond acceptors (Lipinski definition) is 6. The molecule has 0 N–H and O–H groups in total. The first kappa shape index (κ1) is 18.5. The molecule has 8 heteroatoms. The van der Waals surface area contributed by atoms with Crippen molar-refractivity contribution in [2.75, 3.05) is 14.2 Å². The Bertz CT molecular complexity index is 795. The first-order valence-electron chi connectivity index (χ1n) is 7.31. The minimum Gasteiger partial charge on any atom is -0.493 e. The zero-order valence-corrected chi connectivity index (χ0v) is 14.7. The summed E-state index contributed by atoms with van der Waals surface area (Å²) in [7, 11) is 3.01. The lowest BCUT2D eigenvalue weighted by molar-refractivity contribution is -0.385. The van der Waals surface area contributed by atoms with Crippen LogP contribution in [0, 0.1) is 10.1 Å². The maximum atomic E-state index is 10.8. The van der Waals surface area contributed by atoms with E-state index in [1.165, 1.54) is 32.6 Å². The molecular weight excluding hydrogens is 348 g/mol. The van der Waals surface area contributed by atoms with Gasteiger partial charge in [0.05, 0.1) is 30.4 Å². The summed E-state index contributed by atoms with van der Waals surface area (Å²) < 4.78 is 10.4. The fraction of sp³-hybridized carbons (Fsp3) is 0.235. The fourth-order valence-electron chi connectivity index (χ4n) is 2.15. The smallest absolute Gasteiger partial charge is 0.269 e. The van der Waals surface area contributed by atoms with Gasteiger partial charge in [0.15, 0.2) is 11.5 Å². The molecule has 0 bridgehead atoms. The van der Waals surface area contributed by atoms with E-state index in [9.17, 15) is 10.1 Å². The number of nitro benzene ring substituents is 1. The minimum atomic E-state index is -0.453. The molecule has 25 heavy (non-hydrogen) atoms. The number of oxime groups is 1. The predicted molar refractivity (Wildman–Crippen MR) is 94.7 cm³/mol. The van der Waals surface area contributed by atoms with Gasteiger partial charge in [-0.25, -0.2) is 0 Å². The van der Waals surface area contributed by atoms with E-state index in [0.29, 0.717) is 27.6 Å². The standard InChI is InChI=1S/C17H17ClN2O5/c1-11(13-5-4-6-14(9-13)20(21)22)25-19-10-12-7-15(18)17(24-3)16(8-12)23-2/h4-11H,1-3H3/b19-10-/t11-/m0/s1. The number of ether oxygens (including phenoxy) is 2. The van der Waals surface area contributed by atoms with Crippen molar-refractivity contribution in [1.29, 1.82) is 0 Å². The molecule has 2 rings (SSSR count). The first-order chi connectivity index (χ1) is 12.0. The van der Waals surface area contributed by atoms with Gasteiger partial charge in [-0.2, -0.15) is 0 Å². The number of benzene rings is 2. The van der Waals surface area contributed by atoms with Crippen LogP contribution in [-0.4, -0.2) is 25.4 Å². The van der Waals surface area contributed by atoms with Gasteiger partial charge >= 0.3 is 0 Å². The van der Waals surface area contributed by atoms with E-state index in [4.69, 9.17) is 25.9 Å². The Hall–Kier alpha value is -2.80. The topological polar surface area (TPSA) is 83.2 Å². The molecule has 7 nitrogen and oxygen atoms in total. The quantitative estimate of drug-likeness (QED) is 0.413. The van der Waals surface area contributed by atoms with Crippen LogP contribution in [0.4, 0.5) is 5.69 Å². The second kappa shape index (κ2) is 8.34. The molecule has 0 spiro atoms. The lowest BCUT2D eigenvalue weighted by Crippen LogP contribution is -1.98. The summed E-state index contributed by atoms with van der Waals surface area (Å²) in [6, 6.07) is 9.58. The van der Waals surface area contributed by atoms with Gasteiger partial charge in [0, 0.05) is 23.3 Å². The summed E-state index contributed by atoms with van der Waals surface area (Å²) in [4.78, 5) is 15.7. The van der Waals surface area contributed by atoms with Crippen molar-refractivity contribution in [3.05, 3.63) is 62.7 Å². The van der Waals surface area contributed by atoms with E-state index in [0.717, 1.165) is 0 Å². The Labute approximate surface area is 149 Å². The molecule has 0 heterocycles. The monoisotopic (exact) mass is 364 g/mol. The highest BCUT2D eigenvalue weighted by Gasteiger charge is 2.12. The molecule has 0 unspecified atom stereocenters. The summed E-state index contributed by atoms with van der Waals surface area (Å²) in [6.07, 6.45) is 1.02. The van der Waals surface area contributed by atoms with Gasteiger partial charge < -0.3 is 14.3 Å². The minimum absolute atomic E-state index is 0.00334. The largest absolute Gasteiger partial charge is 0.493 e. The van der Waals surface area contributed by atoms with Crippen LogP contribution in [0.25, 0.3) is 0 Å². The van der Waals surface area contributed by atoms with Crippen molar-refractivity contribution in [3.8, 4) is 11.5 Å². The number of non-ortho nitro benzene ring substituents is 1. The van der Waals surface area contributed by atoms with E-state index in [1.807, 2.05) is 0 Å². The summed E-state index contributed by atoms with van der Waals surface area (Å²) >= 11 is 6.13. The average Bonchev–Trinajstić information content (AvgIpc) is 2.61. The van der Waals surface area contributed by atoms with Gasteiger partial charge in [0.25, 0.3) is 5.69 Å².